The van der Waals surface area contributed by atoms with Crippen LogP contribution in [-0.2, 0) is 21.2 Å². The molecule has 1 aromatic heterocycles. The van der Waals surface area contributed by atoms with Crippen molar-refractivity contribution in [3.05, 3.63) is 71.2 Å². The third kappa shape index (κ3) is 3.64. The van der Waals surface area contributed by atoms with Crippen LogP contribution in [0.3, 0.4) is 0 Å². The van der Waals surface area contributed by atoms with Crippen molar-refractivity contribution in [1.82, 2.24) is 4.98 Å². The number of thiazole rings is 1. The number of benzene rings is 2. The molecule has 0 saturated heterocycles. The van der Waals surface area contributed by atoms with E-state index in [1.54, 1.807) is 35.8 Å². The van der Waals surface area contributed by atoms with E-state index >= 15 is 0 Å². The Hall–Kier alpha value is -2.71. The number of sulfonamides is 1. The van der Waals surface area contributed by atoms with Crippen molar-refractivity contribution in [2.45, 2.75) is 49.1 Å². The lowest BCUT2D eigenvalue weighted by Gasteiger charge is -2.30. The minimum atomic E-state index is -3.70. The Morgan fingerprint density at radius 3 is 2.61 bits per heavy atom. The zero-order valence-electron chi connectivity index (χ0n) is 17.1. The van der Waals surface area contributed by atoms with Gasteiger partial charge in [-0.25, -0.2) is 13.4 Å². The summed E-state index contributed by atoms with van der Waals surface area (Å²) in [5, 5.41) is 2.04. The quantitative estimate of drug-likeness (QED) is 0.626. The van der Waals surface area contributed by atoms with E-state index in [1.165, 1.54) is 22.6 Å². The molecular weight excluding hydrogens is 430 g/mol. The van der Waals surface area contributed by atoms with Crippen molar-refractivity contribution in [2.24, 2.45) is 0 Å². The number of carbonyl (C=O) groups excluding carboxylic acids is 1. The Balaban J connectivity index is 1.34. The summed E-state index contributed by atoms with van der Waals surface area (Å²) in [6.45, 7) is 2.18. The first-order chi connectivity index (χ1) is 14.9. The van der Waals surface area contributed by atoms with Crippen molar-refractivity contribution in [3.8, 4) is 0 Å². The SMILES string of the molecule is CC1Cc2ccccc2N1[C@@H]1CCC(c2ccc(S(=O)(=O)Nc3nccs3)cc2)C1=O. The molecule has 0 bridgehead atoms. The lowest BCUT2D eigenvalue weighted by atomic mass is 9.96. The molecule has 2 aliphatic rings. The van der Waals surface area contributed by atoms with E-state index in [2.05, 4.69) is 33.7 Å². The van der Waals surface area contributed by atoms with E-state index in [0.29, 0.717) is 11.2 Å². The Morgan fingerprint density at radius 2 is 1.87 bits per heavy atom. The van der Waals surface area contributed by atoms with Crippen LogP contribution in [0, 0.1) is 0 Å². The summed E-state index contributed by atoms with van der Waals surface area (Å²) in [6.07, 6.45) is 4.10. The zero-order valence-corrected chi connectivity index (χ0v) is 18.7. The minimum absolute atomic E-state index is 0.126. The van der Waals surface area contributed by atoms with Gasteiger partial charge in [-0.2, -0.15) is 0 Å². The fourth-order valence-electron chi connectivity index (χ4n) is 4.84. The molecule has 6 nitrogen and oxygen atoms in total. The number of carbonyl (C=O) groups is 1. The van der Waals surface area contributed by atoms with Gasteiger partial charge in [-0.05, 0) is 55.5 Å². The molecule has 2 heterocycles. The summed E-state index contributed by atoms with van der Waals surface area (Å²) in [7, 11) is -3.70. The predicted molar refractivity (Wildman–Crippen MR) is 122 cm³/mol. The van der Waals surface area contributed by atoms with E-state index in [-0.39, 0.29) is 22.6 Å². The Bertz CT molecular complexity index is 1210. The second-order valence-corrected chi connectivity index (χ2v) is 10.7. The molecule has 3 atom stereocenters. The first-order valence-electron chi connectivity index (χ1n) is 10.4. The van der Waals surface area contributed by atoms with E-state index in [4.69, 9.17) is 0 Å². The number of hydrogen-bond acceptors (Lipinski definition) is 6. The number of anilines is 2. The monoisotopic (exact) mass is 453 g/mol. The number of rotatable bonds is 5. The lowest BCUT2D eigenvalue weighted by Crippen LogP contribution is -2.42. The fraction of sp³-hybridized carbons (Fsp3) is 0.304. The van der Waals surface area contributed by atoms with Crippen LogP contribution in [0.5, 0.6) is 0 Å². The topological polar surface area (TPSA) is 79.4 Å². The van der Waals surface area contributed by atoms with Crippen LogP contribution < -0.4 is 9.62 Å². The smallest absolute Gasteiger partial charge is 0.263 e. The first-order valence-corrected chi connectivity index (χ1v) is 12.7. The molecule has 0 spiro atoms. The third-order valence-electron chi connectivity index (χ3n) is 6.24. The highest BCUT2D eigenvalue weighted by molar-refractivity contribution is 7.93. The van der Waals surface area contributed by atoms with Gasteiger partial charge in [0.1, 0.15) is 0 Å². The number of hydrogen-bond donors (Lipinski definition) is 1. The fourth-order valence-corrected chi connectivity index (χ4v) is 6.63. The average molecular weight is 454 g/mol. The van der Waals surface area contributed by atoms with Crippen LogP contribution in [0.25, 0.3) is 0 Å². The number of ketones is 1. The standard InChI is InChI=1S/C23H23N3O3S2/c1-15-14-17-4-2-3-5-20(17)26(15)21-11-10-19(22(21)27)16-6-8-18(9-7-16)31(28,29)25-23-24-12-13-30-23/h2-9,12-13,15,19,21H,10-11,14H2,1H3,(H,24,25)/t15?,19?,21-/m1/s1. The van der Waals surface area contributed by atoms with Crippen molar-refractivity contribution in [3.63, 3.8) is 0 Å². The molecule has 0 radical (unpaired) electrons. The highest BCUT2D eigenvalue weighted by Crippen LogP contribution is 2.41. The molecule has 2 unspecified atom stereocenters. The normalized spacial score (nSPS) is 23.2. The minimum Gasteiger partial charge on any atom is -0.358 e. The first kappa shape index (κ1) is 20.2. The van der Waals surface area contributed by atoms with Gasteiger partial charge in [0.2, 0.25) is 0 Å². The van der Waals surface area contributed by atoms with Crippen LogP contribution >= 0.6 is 11.3 Å². The molecule has 1 aliphatic heterocycles. The van der Waals surface area contributed by atoms with E-state index in [9.17, 15) is 13.2 Å². The second kappa shape index (κ2) is 7.76. The van der Waals surface area contributed by atoms with Gasteiger partial charge < -0.3 is 4.90 Å². The summed E-state index contributed by atoms with van der Waals surface area (Å²) < 4.78 is 27.6. The van der Waals surface area contributed by atoms with Crippen LogP contribution in [0.15, 0.2) is 65.0 Å². The van der Waals surface area contributed by atoms with Gasteiger partial charge >= 0.3 is 0 Å². The molecule has 0 amide bonds. The molecule has 1 aliphatic carbocycles. The molecule has 160 valence electrons. The number of fused-ring (bicyclic) bond motifs is 1. The average Bonchev–Trinajstić information content (AvgIpc) is 3.46. The summed E-state index contributed by atoms with van der Waals surface area (Å²) >= 11 is 1.23. The van der Waals surface area contributed by atoms with Crippen molar-refractivity contribution in [2.75, 3.05) is 9.62 Å². The molecule has 8 heteroatoms. The van der Waals surface area contributed by atoms with Crippen molar-refractivity contribution in [1.29, 1.82) is 0 Å². The number of aromatic nitrogens is 1. The van der Waals surface area contributed by atoms with E-state index in [0.717, 1.165) is 24.8 Å². The molecule has 3 aromatic rings. The summed E-state index contributed by atoms with van der Waals surface area (Å²) in [5.74, 6) is 0.0220. The van der Waals surface area contributed by atoms with Gasteiger partial charge in [-0.15, -0.1) is 11.3 Å². The number of para-hydroxylation sites is 1. The molecule has 31 heavy (non-hydrogen) atoms. The molecule has 1 N–H and O–H groups in total. The summed E-state index contributed by atoms with van der Waals surface area (Å²) in [5.41, 5.74) is 3.35. The van der Waals surface area contributed by atoms with Crippen LogP contribution in [0.4, 0.5) is 10.8 Å². The van der Waals surface area contributed by atoms with E-state index in [1.807, 2.05) is 12.1 Å². The van der Waals surface area contributed by atoms with Crippen LogP contribution in [0.2, 0.25) is 0 Å². The second-order valence-electron chi connectivity index (χ2n) is 8.15. The lowest BCUT2D eigenvalue weighted by molar-refractivity contribution is -0.119. The van der Waals surface area contributed by atoms with Gasteiger partial charge in [-0.1, -0.05) is 30.3 Å². The number of Topliss-reactive ketones (excluding diaryl/α,β-unsaturated/α-hetero) is 1. The summed E-state index contributed by atoms with van der Waals surface area (Å²) in [6, 6.07) is 15.2. The van der Waals surface area contributed by atoms with Crippen molar-refractivity contribution >= 4 is 38.0 Å². The molecule has 1 fully saturated rings. The Labute approximate surface area is 186 Å². The van der Waals surface area contributed by atoms with Gasteiger partial charge in [-0.3, -0.25) is 9.52 Å². The maximum absolute atomic E-state index is 13.4. The van der Waals surface area contributed by atoms with Crippen LogP contribution in [0.1, 0.15) is 36.8 Å². The largest absolute Gasteiger partial charge is 0.358 e. The highest BCUT2D eigenvalue weighted by Gasteiger charge is 2.42. The Morgan fingerprint density at radius 1 is 1.10 bits per heavy atom. The predicted octanol–water partition coefficient (Wildman–Crippen LogP) is 4.21. The zero-order chi connectivity index (χ0) is 21.6. The number of nitrogens with one attached hydrogen (secondary N) is 1. The molecule has 1 saturated carbocycles. The van der Waals surface area contributed by atoms with E-state index < -0.39 is 10.0 Å². The molecule has 5 rings (SSSR count). The Kier molecular flexibility index (Phi) is 5.06. The van der Waals surface area contributed by atoms with Crippen LogP contribution in [-0.4, -0.2) is 31.3 Å². The van der Waals surface area contributed by atoms with Gasteiger partial charge in [0.15, 0.2) is 10.9 Å². The maximum atomic E-state index is 13.4. The van der Waals surface area contributed by atoms with Gasteiger partial charge in [0, 0.05) is 29.2 Å². The third-order valence-corrected chi connectivity index (χ3v) is 8.42. The molecule has 2 aromatic carbocycles. The summed E-state index contributed by atoms with van der Waals surface area (Å²) in [4.78, 5) is 19.8. The number of nitrogens with zero attached hydrogens (tertiary/aromatic N) is 2. The van der Waals surface area contributed by atoms with Crippen molar-refractivity contribution < 1.29 is 13.2 Å². The highest BCUT2D eigenvalue weighted by atomic mass is 32.2. The molecular formula is C23H23N3O3S2. The van der Waals surface area contributed by atoms with Gasteiger partial charge in [0.25, 0.3) is 10.0 Å². The van der Waals surface area contributed by atoms with Gasteiger partial charge in [0.05, 0.1) is 10.9 Å². The maximum Gasteiger partial charge on any atom is 0.263 e.